The highest BCUT2D eigenvalue weighted by molar-refractivity contribution is 5.84. The first-order valence-electron chi connectivity index (χ1n) is 28.2. The molecule has 7 heterocycles. The number of rotatable bonds is 25. The number of fused-ring (bicyclic) bond motifs is 2. The molecule has 2 aromatic heterocycles. The number of hydrogen-bond donors (Lipinski definition) is 2. The smallest absolute Gasteiger partial charge is 0.151 e. The molecule has 4 atom stereocenters. The van der Waals surface area contributed by atoms with Gasteiger partial charge in [0.15, 0.2) is 11.6 Å². The average molecular weight is 1070 g/mol. The Bertz CT molecular complexity index is 2620. The molecule has 0 amide bonds. The SMILES string of the molecule is COc1cc(CCCCO[C@@H]2CCN([C@H](C(C)=O)c3cc(F)ccc3COC3(C)COC3)C2)nc2c1CCCN2.COc1cc(CCCCO[C@@H]2CCN([C@H](C(C)=O)c3cc(F)ccc3OC3CC3)C2)nc2c1CCCN2. The van der Waals surface area contributed by atoms with Crippen molar-refractivity contribution in [1.29, 1.82) is 0 Å². The summed E-state index contributed by atoms with van der Waals surface area (Å²) in [5.41, 5.74) is 6.25. The van der Waals surface area contributed by atoms with E-state index in [2.05, 4.69) is 32.6 Å². The first-order chi connectivity index (χ1) is 37.4. The van der Waals surface area contributed by atoms with Crippen molar-refractivity contribution in [2.24, 2.45) is 0 Å². The third-order valence-corrected chi connectivity index (χ3v) is 15.6. The number of carbonyl (C=O) groups is 2. The fourth-order valence-corrected chi connectivity index (χ4v) is 11.3. The second kappa shape index (κ2) is 26.6. The van der Waals surface area contributed by atoms with E-state index in [1.807, 2.05) is 6.92 Å². The molecule has 2 aromatic carbocycles. The molecule has 4 aromatic rings. The highest BCUT2D eigenvalue weighted by Gasteiger charge is 2.38. The van der Waals surface area contributed by atoms with Crippen LogP contribution in [0.3, 0.4) is 0 Å². The zero-order valence-corrected chi connectivity index (χ0v) is 45.9. The minimum absolute atomic E-state index is 0.00522. The molecule has 6 aliphatic rings. The lowest BCUT2D eigenvalue weighted by atomic mass is 9.96. The number of anilines is 2. The zero-order valence-electron chi connectivity index (χ0n) is 45.9. The van der Waals surface area contributed by atoms with Crippen LogP contribution in [0.15, 0.2) is 48.5 Å². The Balaban J connectivity index is 0.000000188. The molecule has 0 radical (unpaired) electrons. The van der Waals surface area contributed by atoms with Crippen LogP contribution in [0.4, 0.5) is 20.4 Å². The second-order valence-electron chi connectivity index (χ2n) is 21.9. The van der Waals surface area contributed by atoms with Crippen molar-refractivity contribution in [1.82, 2.24) is 19.8 Å². The molecule has 10 rings (SSSR count). The van der Waals surface area contributed by atoms with Gasteiger partial charge in [-0.1, -0.05) is 6.07 Å². The van der Waals surface area contributed by atoms with Gasteiger partial charge in [-0.05, 0) is 152 Å². The number of methoxy groups -OCH3 is 2. The minimum Gasteiger partial charge on any atom is -0.496 e. The van der Waals surface area contributed by atoms with E-state index in [9.17, 15) is 18.4 Å². The molecule has 5 aliphatic heterocycles. The number of Topliss-reactive ketones (excluding diaryl/α,β-unsaturated/α-hetero) is 2. The van der Waals surface area contributed by atoms with E-state index in [4.69, 9.17) is 43.1 Å². The molecule has 15 nitrogen and oxygen atoms in total. The number of nitrogens with zero attached hydrogens (tertiary/aromatic N) is 4. The maximum atomic E-state index is 14.3. The van der Waals surface area contributed by atoms with Crippen LogP contribution < -0.4 is 24.8 Å². The standard InChI is InChI=1S/C31H42FN3O5.C29H38FN3O4/c1-21(36)29(27-15-23(32)10-9-22(27)18-40-31(2)19-38-20-31)35-13-11-25(17-35)39-14-5-4-7-24-16-28(37-3)26-8-6-12-33-30(26)34-24;1-19(34)28(25-16-20(30)8-11-26(25)37-22-9-10-22)33-14-12-23(18-33)36-15-4-3-6-21-17-27(35-2)24-7-5-13-31-29(24)32-21/h9-10,15-16,25,29H,4-8,11-14,17-20H2,1-3H3,(H,33,34);8,11,16-17,22-23,28H,3-7,9-10,12-15,18H2,1-2H3,(H,31,32)/t25-,29-;23-,28-/m11/s1. The summed E-state index contributed by atoms with van der Waals surface area (Å²) in [6.07, 6.45) is 13.8. The molecule has 17 heteroatoms. The number of ether oxygens (including phenoxy) is 7. The lowest BCUT2D eigenvalue weighted by Crippen LogP contribution is -2.49. The minimum atomic E-state index is -0.521. The van der Waals surface area contributed by atoms with Crippen LogP contribution in [0.1, 0.15) is 136 Å². The summed E-state index contributed by atoms with van der Waals surface area (Å²) in [5.74, 6) is 3.69. The summed E-state index contributed by atoms with van der Waals surface area (Å²) in [5, 5.41) is 6.79. The van der Waals surface area contributed by atoms with Crippen LogP contribution >= 0.6 is 0 Å². The largest absolute Gasteiger partial charge is 0.496 e. The van der Waals surface area contributed by atoms with Crippen LogP contribution in [-0.2, 0) is 60.8 Å². The summed E-state index contributed by atoms with van der Waals surface area (Å²) < 4.78 is 69.5. The highest BCUT2D eigenvalue weighted by Crippen LogP contribution is 2.38. The number of halogens is 2. The second-order valence-corrected chi connectivity index (χ2v) is 21.9. The van der Waals surface area contributed by atoms with Gasteiger partial charge in [-0.15, -0.1) is 0 Å². The van der Waals surface area contributed by atoms with Gasteiger partial charge in [-0.25, -0.2) is 18.7 Å². The zero-order chi connectivity index (χ0) is 53.9. The molecule has 1 saturated carbocycles. The predicted octanol–water partition coefficient (Wildman–Crippen LogP) is 9.51. The van der Waals surface area contributed by atoms with E-state index >= 15 is 0 Å². The highest BCUT2D eigenvalue weighted by atomic mass is 19.1. The van der Waals surface area contributed by atoms with Crippen molar-refractivity contribution in [2.45, 2.75) is 153 Å². The summed E-state index contributed by atoms with van der Waals surface area (Å²) in [4.78, 5) is 39.4. The van der Waals surface area contributed by atoms with Crippen LogP contribution in [0, 0.1) is 11.6 Å². The fourth-order valence-electron chi connectivity index (χ4n) is 11.3. The van der Waals surface area contributed by atoms with Crippen molar-refractivity contribution < 1.29 is 51.5 Å². The number of ketones is 2. The molecule has 0 bridgehead atoms. The lowest BCUT2D eigenvalue weighted by molar-refractivity contribution is -0.204. The summed E-state index contributed by atoms with van der Waals surface area (Å²) in [7, 11) is 3.44. The summed E-state index contributed by atoms with van der Waals surface area (Å²) >= 11 is 0. The molecule has 77 heavy (non-hydrogen) atoms. The average Bonchev–Trinajstić information content (AvgIpc) is 3.93. The van der Waals surface area contributed by atoms with E-state index in [0.29, 0.717) is 63.0 Å². The third-order valence-electron chi connectivity index (χ3n) is 15.6. The van der Waals surface area contributed by atoms with Crippen molar-refractivity contribution in [3.63, 3.8) is 0 Å². The van der Waals surface area contributed by atoms with Crippen LogP contribution in [-0.4, -0.2) is 135 Å². The van der Waals surface area contributed by atoms with Gasteiger partial charge >= 0.3 is 0 Å². The van der Waals surface area contributed by atoms with Gasteiger partial charge < -0.3 is 43.8 Å². The topological polar surface area (TPSA) is 155 Å². The molecule has 3 saturated heterocycles. The number of hydrogen-bond acceptors (Lipinski definition) is 15. The number of benzene rings is 2. The van der Waals surface area contributed by atoms with E-state index in [0.717, 1.165) is 156 Å². The Morgan fingerprint density at radius 1 is 0.688 bits per heavy atom. The first-order valence-corrected chi connectivity index (χ1v) is 28.2. The molecule has 0 unspecified atom stereocenters. The number of unbranched alkanes of at least 4 members (excludes halogenated alkanes) is 2. The Morgan fingerprint density at radius 2 is 1.21 bits per heavy atom. The Labute approximate surface area is 453 Å². The van der Waals surface area contributed by atoms with Gasteiger partial charge in [-0.3, -0.25) is 19.4 Å². The fraction of sp³-hybridized carbons (Fsp3) is 0.600. The number of nitrogens with one attached hydrogen (secondary N) is 2. The van der Waals surface area contributed by atoms with Gasteiger partial charge in [0.25, 0.3) is 0 Å². The van der Waals surface area contributed by atoms with Gasteiger partial charge in [-0.2, -0.15) is 0 Å². The number of aromatic nitrogens is 2. The normalized spacial score (nSPS) is 20.6. The molecule has 1 aliphatic carbocycles. The Hall–Kier alpha value is -5.30. The first kappa shape index (κ1) is 56.4. The molecule has 2 N–H and O–H groups in total. The number of pyridine rings is 2. The van der Waals surface area contributed by atoms with E-state index in [-0.39, 0.29) is 47.1 Å². The van der Waals surface area contributed by atoms with E-state index < -0.39 is 12.1 Å². The predicted molar refractivity (Wildman–Crippen MR) is 290 cm³/mol. The van der Waals surface area contributed by atoms with Gasteiger partial charge in [0.05, 0.1) is 64.4 Å². The third kappa shape index (κ3) is 14.9. The Kier molecular flexibility index (Phi) is 19.5. The molecule has 418 valence electrons. The molecular formula is C60H80F2N6O9. The maximum absolute atomic E-state index is 14.3. The van der Waals surface area contributed by atoms with Gasteiger partial charge in [0, 0.05) is 92.7 Å². The van der Waals surface area contributed by atoms with E-state index in [1.165, 1.54) is 35.4 Å². The van der Waals surface area contributed by atoms with Crippen molar-refractivity contribution in [3.05, 3.63) is 99.4 Å². The summed E-state index contributed by atoms with van der Waals surface area (Å²) in [6, 6.07) is 12.3. The molecule has 4 fully saturated rings. The summed E-state index contributed by atoms with van der Waals surface area (Å²) in [6.45, 7) is 12.5. The van der Waals surface area contributed by atoms with Crippen LogP contribution in [0.5, 0.6) is 17.2 Å². The quantitative estimate of drug-likeness (QED) is 0.0605. The van der Waals surface area contributed by atoms with E-state index in [1.54, 1.807) is 40.2 Å². The van der Waals surface area contributed by atoms with Crippen molar-refractivity contribution in [2.75, 3.05) is 90.5 Å². The Morgan fingerprint density at radius 3 is 1.70 bits per heavy atom. The lowest BCUT2D eigenvalue weighted by Gasteiger charge is -2.38. The monoisotopic (exact) mass is 1070 g/mol. The maximum Gasteiger partial charge on any atom is 0.151 e. The van der Waals surface area contributed by atoms with Crippen molar-refractivity contribution >= 4 is 23.2 Å². The van der Waals surface area contributed by atoms with Gasteiger partial charge in [0.2, 0.25) is 0 Å². The number of aryl methyl sites for hydroxylation is 2. The van der Waals surface area contributed by atoms with Crippen LogP contribution in [0.25, 0.3) is 0 Å². The molecule has 0 spiro atoms. The van der Waals surface area contributed by atoms with Gasteiger partial charge in [0.1, 0.15) is 46.1 Å². The number of likely N-dealkylation sites (tertiary alicyclic amines) is 2. The molecular weight excluding hydrogens is 987 g/mol. The van der Waals surface area contributed by atoms with Crippen molar-refractivity contribution in [3.8, 4) is 17.2 Å². The van der Waals surface area contributed by atoms with Crippen LogP contribution in [0.2, 0.25) is 0 Å². The number of carbonyl (C=O) groups excluding carboxylic acids is 2.